The number of hydrogen-bond donors (Lipinski definition) is 0. The molecular weight excluding hydrogens is 328 g/mol. The molecule has 0 bridgehead atoms. The van der Waals surface area contributed by atoms with E-state index >= 15 is 0 Å². The van der Waals surface area contributed by atoms with Gasteiger partial charge in [0.1, 0.15) is 5.82 Å². The van der Waals surface area contributed by atoms with Crippen molar-refractivity contribution in [3.05, 3.63) is 47.9 Å². The van der Waals surface area contributed by atoms with Gasteiger partial charge < -0.3 is 9.47 Å². The van der Waals surface area contributed by atoms with Crippen molar-refractivity contribution in [3.63, 3.8) is 0 Å². The fourth-order valence-electron chi connectivity index (χ4n) is 3.82. The number of amides is 1. The molecule has 1 aliphatic heterocycles. The summed E-state index contributed by atoms with van der Waals surface area (Å²) in [6, 6.07) is 2.21. The summed E-state index contributed by atoms with van der Waals surface area (Å²) < 4.78 is 3.93. The Balaban J connectivity index is 1.60. The van der Waals surface area contributed by atoms with Crippen molar-refractivity contribution in [2.75, 3.05) is 13.1 Å². The number of fused-ring (bicyclic) bond motifs is 1. The van der Waals surface area contributed by atoms with E-state index in [0.29, 0.717) is 18.2 Å². The minimum Gasteiger partial charge on any atom is -0.338 e. The third-order valence-electron chi connectivity index (χ3n) is 5.22. The van der Waals surface area contributed by atoms with E-state index < -0.39 is 0 Å². The third-order valence-corrected chi connectivity index (χ3v) is 5.22. The van der Waals surface area contributed by atoms with E-state index in [1.807, 2.05) is 30.3 Å². The maximum absolute atomic E-state index is 13.1. The van der Waals surface area contributed by atoms with Gasteiger partial charge in [-0.2, -0.15) is 5.10 Å². The van der Waals surface area contributed by atoms with Gasteiger partial charge in [-0.3, -0.25) is 4.79 Å². The van der Waals surface area contributed by atoms with Gasteiger partial charge in [0.25, 0.3) is 5.91 Å². The predicted molar refractivity (Wildman–Crippen MR) is 98.2 cm³/mol. The number of nitrogens with zero attached hydrogens (tertiary/aromatic N) is 6. The Morgan fingerprint density at radius 2 is 2.12 bits per heavy atom. The number of rotatable bonds is 3. The number of aromatic nitrogens is 5. The Bertz CT molecular complexity index is 941. The van der Waals surface area contributed by atoms with Gasteiger partial charge in [0.05, 0.1) is 17.5 Å². The first-order chi connectivity index (χ1) is 12.6. The zero-order valence-electron chi connectivity index (χ0n) is 15.5. The van der Waals surface area contributed by atoms with Gasteiger partial charge in [0.15, 0.2) is 5.65 Å². The molecule has 0 unspecified atom stereocenters. The van der Waals surface area contributed by atoms with Crippen LogP contribution in [0.15, 0.2) is 30.9 Å². The molecular formula is C19H24N6O. The van der Waals surface area contributed by atoms with Gasteiger partial charge in [-0.05, 0) is 33.6 Å². The van der Waals surface area contributed by atoms with Gasteiger partial charge in [0, 0.05) is 49.7 Å². The lowest BCUT2D eigenvalue weighted by Crippen LogP contribution is -2.40. The van der Waals surface area contributed by atoms with Gasteiger partial charge in [-0.15, -0.1) is 0 Å². The van der Waals surface area contributed by atoms with Crippen LogP contribution >= 0.6 is 0 Å². The van der Waals surface area contributed by atoms with Crippen molar-refractivity contribution < 1.29 is 4.79 Å². The second-order valence-electron chi connectivity index (χ2n) is 7.24. The molecule has 1 amide bonds. The van der Waals surface area contributed by atoms with Crippen LogP contribution in [0, 0.1) is 6.92 Å². The highest BCUT2D eigenvalue weighted by Gasteiger charge is 2.29. The van der Waals surface area contributed by atoms with Gasteiger partial charge in [-0.25, -0.2) is 14.5 Å². The molecule has 1 fully saturated rings. The Morgan fingerprint density at radius 1 is 1.27 bits per heavy atom. The average Bonchev–Trinajstić information content (AvgIpc) is 3.31. The summed E-state index contributed by atoms with van der Waals surface area (Å²) >= 11 is 0. The number of piperidine rings is 1. The Hall–Kier alpha value is -2.70. The Kier molecular flexibility index (Phi) is 4.22. The van der Waals surface area contributed by atoms with Crippen molar-refractivity contribution in [2.45, 2.75) is 45.6 Å². The van der Waals surface area contributed by atoms with Gasteiger partial charge in [0.2, 0.25) is 0 Å². The van der Waals surface area contributed by atoms with Crippen LogP contribution in [0.2, 0.25) is 0 Å². The molecule has 0 aliphatic carbocycles. The molecule has 1 atom stereocenters. The minimum absolute atomic E-state index is 0.0275. The van der Waals surface area contributed by atoms with E-state index in [0.717, 1.165) is 36.6 Å². The molecule has 7 heteroatoms. The van der Waals surface area contributed by atoms with Crippen LogP contribution in [0.25, 0.3) is 5.65 Å². The number of imidazole rings is 1. The summed E-state index contributed by atoms with van der Waals surface area (Å²) in [6.45, 7) is 7.70. The topological polar surface area (TPSA) is 68.3 Å². The number of aryl methyl sites for hydroxylation is 1. The van der Waals surface area contributed by atoms with Gasteiger partial charge in [-0.1, -0.05) is 0 Å². The highest BCUT2D eigenvalue weighted by molar-refractivity contribution is 5.95. The van der Waals surface area contributed by atoms with E-state index in [-0.39, 0.29) is 11.8 Å². The van der Waals surface area contributed by atoms with Crippen LogP contribution in [0.4, 0.5) is 0 Å². The number of likely N-dealkylation sites (tertiary alicyclic amines) is 1. The first-order valence-electron chi connectivity index (χ1n) is 9.17. The Morgan fingerprint density at radius 3 is 2.92 bits per heavy atom. The molecule has 3 aromatic rings. The van der Waals surface area contributed by atoms with Crippen molar-refractivity contribution in [1.29, 1.82) is 0 Å². The average molecular weight is 352 g/mol. The molecule has 3 aromatic heterocycles. The van der Waals surface area contributed by atoms with E-state index in [9.17, 15) is 4.79 Å². The fourth-order valence-corrected chi connectivity index (χ4v) is 3.82. The van der Waals surface area contributed by atoms with Crippen molar-refractivity contribution in [2.24, 2.45) is 0 Å². The maximum Gasteiger partial charge on any atom is 0.257 e. The molecule has 4 heterocycles. The van der Waals surface area contributed by atoms with Crippen LogP contribution in [-0.2, 0) is 0 Å². The summed E-state index contributed by atoms with van der Waals surface area (Å²) in [5.74, 6) is 1.38. The predicted octanol–water partition coefficient (Wildman–Crippen LogP) is 2.83. The number of carbonyl (C=O) groups is 1. The zero-order chi connectivity index (χ0) is 18.3. The largest absolute Gasteiger partial charge is 0.338 e. The highest BCUT2D eigenvalue weighted by atomic mass is 16.2. The lowest BCUT2D eigenvalue weighted by molar-refractivity contribution is 0.0701. The van der Waals surface area contributed by atoms with Crippen molar-refractivity contribution in [3.8, 4) is 0 Å². The minimum atomic E-state index is 0.0275. The fraction of sp³-hybridized carbons (Fsp3) is 0.474. The molecule has 7 nitrogen and oxygen atoms in total. The lowest BCUT2D eigenvalue weighted by Gasteiger charge is -2.33. The van der Waals surface area contributed by atoms with Crippen molar-refractivity contribution >= 4 is 11.6 Å². The summed E-state index contributed by atoms with van der Waals surface area (Å²) in [5, 5.41) is 4.26. The third kappa shape index (κ3) is 2.77. The molecule has 1 saturated heterocycles. The zero-order valence-corrected chi connectivity index (χ0v) is 15.5. The molecule has 0 spiro atoms. The van der Waals surface area contributed by atoms with E-state index in [1.54, 1.807) is 16.9 Å². The molecule has 0 N–H and O–H groups in total. The van der Waals surface area contributed by atoms with Crippen LogP contribution < -0.4 is 0 Å². The quantitative estimate of drug-likeness (QED) is 0.727. The first-order valence-corrected chi connectivity index (χ1v) is 9.17. The molecule has 136 valence electrons. The summed E-state index contributed by atoms with van der Waals surface area (Å²) in [7, 11) is 0. The second-order valence-corrected chi connectivity index (χ2v) is 7.24. The van der Waals surface area contributed by atoms with Crippen LogP contribution in [0.3, 0.4) is 0 Å². The molecule has 26 heavy (non-hydrogen) atoms. The summed E-state index contributed by atoms with van der Waals surface area (Å²) in [5.41, 5.74) is 2.21. The highest BCUT2D eigenvalue weighted by Crippen LogP contribution is 2.28. The normalized spacial score (nSPS) is 18.0. The standard InChI is InChI=1S/C19H24N6O/c1-13(2)24-10-8-20-18(24)15-5-4-9-23(12-15)19(26)16-11-21-17-6-7-22-25(17)14(16)3/h6-8,10-11,13,15H,4-5,9,12H2,1-3H3/t15-/m1/s1. The SMILES string of the molecule is Cc1c(C(=O)N2CCC[C@@H](c3nccn3C(C)C)C2)cnc2ccnn12. The van der Waals surface area contributed by atoms with Crippen LogP contribution in [0.5, 0.6) is 0 Å². The first kappa shape index (κ1) is 16.8. The van der Waals surface area contributed by atoms with E-state index in [1.165, 1.54) is 0 Å². The number of hydrogen-bond acceptors (Lipinski definition) is 4. The molecule has 0 radical (unpaired) electrons. The van der Waals surface area contributed by atoms with Gasteiger partial charge >= 0.3 is 0 Å². The summed E-state index contributed by atoms with van der Waals surface area (Å²) in [4.78, 5) is 24.0. The smallest absolute Gasteiger partial charge is 0.257 e. The molecule has 1 aliphatic rings. The van der Waals surface area contributed by atoms with E-state index in [2.05, 4.69) is 33.5 Å². The monoisotopic (exact) mass is 352 g/mol. The van der Waals surface area contributed by atoms with E-state index in [4.69, 9.17) is 0 Å². The van der Waals surface area contributed by atoms with Crippen molar-refractivity contribution in [1.82, 2.24) is 29.0 Å². The van der Waals surface area contributed by atoms with Crippen LogP contribution in [-0.4, -0.2) is 48.0 Å². The molecule has 4 rings (SSSR count). The number of carbonyl (C=O) groups excluding carboxylic acids is 1. The Labute approximate surface area is 152 Å². The molecule has 0 saturated carbocycles. The second kappa shape index (κ2) is 6.55. The summed E-state index contributed by atoms with van der Waals surface area (Å²) in [6.07, 6.45) is 9.30. The lowest BCUT2D eigenvalue weighted by atomic mass is 9.96. The van der Waals surface area contributed by atoms with Crippen LogP contribution in [0.1, 0.15) is 60.5 Å². The maximum atomic E-state index is 13.1. The molecule has 0 aromatic carbocycles.